The Kier molecular flexibility index (Phi) is 4.24. The van der Waals surface area contributed by atoms with Crippen molar-refractivity contribution in [1.29, 1.82) is 0 Å². The molecule has 1 N–H and O–H groups in total. The number of fused-ring (bicyclic) bond motifs is 1. The molecule has 2 heterocycles. The predicted molar refractivity (Wildman–Crippen MR) is 91.2 cm³/mol. The summed E-state index contributed by atoms with van der Waals surface area (Å²) in [5, 5.41) is 10.9. The fourth-order valence-corrected chi connectivity index (χ4v) is 3.37. The van der Waals surface area contributed by atoms with Crippen molar-refractivity contribution >= 4 is 40.3 Å². The van der Waals surface area contributed by atoms with Crippen LogP contribution in [-0.2, 0) is 9.53 Å². The summed E-state index contributed by atoms with van der Waals surface area (Å²) in [5.41, 5.74) is 2.05. The van der Waals surface area contributed by atoms with Crippen LogP contribution in [0.2, 0.25) is 5.02 Å². The molecule has 6 nitrogen and oxygen atoms in total. The zero-order valence-corrected chi connectivity index (χ0v) is 14.1. The number of nitrogens with zero attached hydrogens (tertiary/aromatic N) is 2. The Morgan fingerprint density at radius 2 is 2.04 bits per heavy atom. The van der Waals surface area contributed by atoms with Crippen LogP contribution >= 0.6 is 11.6 Å². The molecule has 1 aliphatic heterocycles. The third kappa shape index (κ3) is 2.63. The van der Waals surface area contributed by atoms with Gasteiger partial charge in [0.2, 0.25) is 0 Å². The lowest BCUT2D eigenvalue weighted by Crippen LogP contribution is -2.29. The van der Waals surface area contributed by atoms with Crippen LogP contribution in [0, 0.1) is 0 Å². The summed E-state index contributed by atoms with van der Waals surface area (Å²) >= 11 is 6.02. The highest BCUT2D eigenvalue weighted by Crippen LogP contribution is 2.34. The van der Waals surface area contributed by atoms with Gasteiger partial charge in [-0.05, 0) is 37.1 Å². The Morgan fingerprint density at radius 1 is 1.29 bits per heavy atom. The molecule has 0 spiro atoms. The van der Waals surface area contributed by atoms with E-state index in [-0.39, 0.29) is 0 Å². The number of carboxylic acid groups (broad SMARTS) is 1. The first-order chi connectivity index (χ1) is 11.4. The number of halogens is 1. The molecular formula is C17H17ClN2O4. The first-order valence-corrected chi connectivity index (χ1v) is 7.89. The molecule has 0 radical (unpaired) electrons. The molecule has 24 heavy (non-hydrogen) atoms. The second-order valence-corrected chi connectivity index (χ2v) is 6.13. The lowest BCUT2D eigenvalue weighted by atomic mass is 10.0. The maximum Gasteiger partial charge on any atom is 0.416 e. The minimum absolute atomic E-state index is 0.434. The molecule has 3 rings (SSSR count). The number of aromatic nitrogens is 1. The molecule has 0 unspecified atom stereocenters. The Hall–Kier alpha value is -2.47. The van der Waals surface area contributed by atoms with E-state index >= 15 is 0 Å². The van der Waals surface area contributed by atoms with Gasteiger partial charge in [-0.2, -0.15) is 0 Å². The third-order valence-electron chi connectivity index (χ3n) is 4.22. The second kappa shape index (κ2) is 6.20. The fourth-order valence-electron chi connectivity index (χ4n) is 3.19. The minimum Gasteiger partial charge on any atom is -0.466 e. The molecule has 0 saturated carbocycles. The molecule has 0 saturated heterocycles. The molecule has 0 fully saturated rings. The van der Waals surface area contributed by atoms with Gasteiger partial charge in [0, 0.05) is 24.0 Å². The Morgan fingerprint density at radius 3 is 2.71 bits per heavy atom. The maximum atomic E-state index is 12.2. The highest BCUT2D eigenvalue weighted by Gasteiger charge is 2.28. The van der Waals surface area contributed by atoms with Crippen molar-refractivity contribution in [3.63, 3.8) is 0 Å². The van der Waals surface area contributed by atoms with Crippen LogP contribution in [0.15, 0.2) is 29.8 Å². The Balaban J connectivity index is 2.34. The van der Waals surface area contributed by atoms with E-state index in [2.05, 4.69) is 0 Å². The number of esters is 1. The standard InChI is InChI=1S/C17H17ClN2O4/c1-19-7-3-4-12(16(21)24-2)15(19)14-9-10-8-11(18)5-6-13(10)20(14)17(22)23/h5-6,8-9H,3-4,7H2,1-2H3,(H,22,23). The highest BCUT2D eigenvalue weighted by molar-refractivity contribution is 6.31. The summed E-state index contributed by atoms with van der Waals surface area (Å²) in [6, 6.07) is 6.76. The smallest absolute Gasteiger partial charge is 0.416 e. The summed E-state index contributed by atoms with van der Waals surface area (Å²) in [7, 11) is 3.17. The number of carbonyl (C=O) groups is 2. The average molecular weight is 349 g/mol. The first kappa shape index (κ1) is 16.4. The van der Waals surface area contributed by atoms with Gasteiger partial charge in [-0.3, -0.25) is 0 Å². The maximum absolute atomic E-state index is 12.2. The molecule has 0 aliphatic carbocycles. The number of carbonyl (C=O) groups excluding carboxylic acids is 1. The van der Waals surface area contributed by atoms with E-state index in [1.165, 1.54) is 11.7 Å². The Labute approximate surface area is 143 Å². The SMILES string of the molecule is COC(=O)C1=C(c2cc3cc(Cl)ccc3n2C(=O)O)N(C)CCC1. The van der Waals surface area contributed by atoms with E-state index in [0.717, 1.165) is 13.0 Å². The molecular weight excluding hydrogens is 332 g/mol. The monoisotopic (exact) mass is 348 g/mol. The lowest BCUT2D eigenvalue weighted by molar-refractivity contribution is -0.136. The van der Waals surface area contributed by atoms with Crippen molar-refractivity contribution in [2.45, 2.75) is 12.8 Å². The quantitative estimate of drug-likeness (QED) is 0.842. The molecule has 7 heteroatoms. The van der Waals surface area contributed by atoms with Gasteiger partial charge in [0.05, 0.1) is 29.6 Å². The van der Waals surface area contributed by atoms with Gasteiger partial charge in [-0.25, -0.2) is 14.2 Å². The zero-order valence-electron chi connectivity index (χ0n) is 13.4. The van der Waals surface area contributed by atoms with Crippen LogP contribution in [0.5, 0.6) is 0 Å². The summed E-state index contributed by atoms with van der Waals surface area (Å²) in [5.74, 6) is -0.434. The summed E-state index contributed by atoms with van der Waals surface area (Å²) in [4.78, 5) is 25.9. The normalized spacial score (nSPS) is 15.0. The van der Waals surface area contributed by atoms with Crippen molar-refractivity contribution in [3.8, 4) is 0 Å². The van der Waals surface area contributed by atoms with Crippen molar-refractivity contribution in [2.24, 2.45) is 0 Å². The van der Waals surface area contributed by atoms with Crippen molar-refractivity contribution in [3.05, 3.63) is 40.6 Å². The van der Waals surface area contributed by atoms with E-state index in [4.69, 9.17) is 16.3 Å². The Bertz CT molecular complexity index is 869. The van der Waals surface area contributed by atoms with Gasteiger partial charge in [-0.15, -0.1) is 0 Å². The molecule has 126 valence electrons. The van der Waals surface area contributed by atoms with Crippen molar-refractivity contribution in [1.82, 2.24) is 9.47 Å². The van der Waals surface area contributed by atoms with Gasteiger partial charge in [0.1, 0.15) is 0 Å². The molecule has 2 aromatic rings. The second-order valence-electron chi connectivity index (χ2n) is 5.69. The summed E-state index contributed by atoms with van der Waals surface area (Å²) in [6.45, 7) is 0.734. The predicted octanol–water partition coefficient (Wildman–Crippen LogP) is 3.43. The number of rotatable bonds is 2. The minimum atomic E-state index is -1.11. The summed E-state index contributed by atoms with van der Waals surface area (Å²) < 4.78 is 6.07. The van der Waals surface area contributed by atoms with Crippen LogP contribution in [0.3, 0.4) is 0 Å². The van der Waals surface area contributed by atoms with E-state index in [1.54, 1.807) is 24.3 Å². The third-order valence-corrected chi connectivity index (χ3v) is 4.45. The summed E-state index contributed by atoms with van der Waals surface area (Å²) in [6.07, 6.45) is 0.246. The van der Waals surface area contributed by atoms with Crippen LogP contribution < -0.4 is 0 Å². The van der Waals surface area contributed by atoms with Crippen LogP contribution in [0.25, 0.3) is 16.6 Å². The number of hydrogen-bond acceptors (Lipinski definition) is 4. The van der Waals surface area contributed by atoms with Gasteiger partial charge < -0.3 is 14.7 Å². The number of methoxy groups -OCH3 is 1. The zero-order chi connectivity index (χ0) is 17.4. The van der Waals surface area contributed by atoms with E-state index < -0.39 is 12.1 Å². The van der Waals surface area contributed by atoms with Gasteiger partial charge >= 0.3 is 12.1 Å². The number of hydrogen-bond donors (Lipinski definition) is 1. The molecule has 1 aromatic heterocycles. The lowest BCUT2D eigenvalue weighted by Gasteiger charge is -2.29. The number of ether oxygens (including phenoxy) is 1. The van der Waals surface area contributed by atoms with E-state index in [9.17, 15) is 14.7 Å². The van der Waals surface area contributed by atoms with Crippen LogP contribution in [-0.4, -0.2) is 47.3 Å². The average Bonchev–Trinajstić information content (AvgIpc) is 2.91. The van der Waals surface area contributed by atoms with Gasteiger partial charge in [0.25, 0.3) is 0 Å². The molecule has 0 bridgehead atoms. The fraction of sp³-hybridized carbons (Fsp3) is 0.294. The van der Waals surface area contributed by atoms with Gasteiger partial charge in [-0.1, -0.05) is 11.6 Å². The van der Waals surface area contributed by atoms with Crippen LogP contribution in [0.4, 0.5) is 4.79 Å². The highest BCUT2D eigenvalue weighted by atomic mass is 35.5. The number of benzene rings is 1. The van der Waals surface area contributed by atoms with E-state index in [1.807, 2.05) is 11.9 Å². The largest absolute Gasteiger partial charge is 0.466 e. The van der Waals surface area contributed by atoms with Crippen molar-refractivity contribution < 1.29 is 19.4 Å². The molecule has 1 aliphatic rings. The van der Waals surface area contributed by atoms with Gasteiger partial charge in [0.15, 0.2) is 0 Å². The first-order valence-electron chi connectivity index (χ1n) is 7.51. The molecule has 0 amide bonds. The van der Waals surface area contributed by atoms with Crippen LogP contribution in [0.1, 0.15) is 18.5 Å². The molecule has 0 atom stereocenters. The topological polar surface area (TPSA) is 71.8 Å². The van der Waals surface area contributed by atoms with Crippen molar-refractivity contribution in [2.75, 3.05) is 20.7 Å². The molecule has 1 aromatic carbocycles. The van der Waals surface area contributed by atoms with E-state index in [0.29, 0.717) is 39.3 Å².